The maximum absolute atomic E-state index is 12.4. The molecule has 2 aliphatic heterocycles. The normalized spacial score (nSPS) is 23.4. The number of piperidine rings is 2. The van der Waals surface area contributed by atoms with E-state index in [1.54, 1.807) is 0 Å². The van der Waals surface area contributed by atoms with Crippen LogP contribution in [0.25, 0.3) is 0 Å². The number of hydrogen-bond donors (Lipinski definition) is 1. The van der Waals surface area contributed by atoms with Crippen molar-refractivity contribution in [2.75, 3.05) is 32.7 Å². The van der Waals surface area contributed by atoms with Gasteiger partial charge in [-0.15, -0.1) is 0 Å². The molecule has 0 aliphatic carbocycles. The second-order valence-corrected chi connectivity index (χ2v) is 7.39. The number of aryl methyl sites for hydroxylation is 1. The summed E-state index contributed by atoms with van der Waals surface area (Å²) >= 11 is 0. The molecular weight excluding hydrogens is 306 g/mol. The van der Waals surface area contributed by atoms with Crippen LogP contribution in [0.15, 0.2) is 4.63 Å². The predicted octanol–water partition coefficient (Wildman–Crippen LogP) is 2.03. The van der Waals surface area contributed by atoms with Gasteiger partial charge >= 0.3 is 6.03 Å². The van der Waals surface area contributed by atoms with Crippen LogP contribution in [-0.2, 0) is 6.54 Å². The Morgan fingerprint density at radius 3 is 2.75 bits per heavy atom. The van der Waals surface area contributed by atoms with Gasteiger partial charge in [-0.25, -0.2) is 9.42 Å². The molecule has 2 saturated heterocycles. The number of nitrogens with one attached hydrogen (secondary N) is 1. The van der Waals surface area contributed by atoms with Gasteiger partial charge in [0.1, 0.15) is 11.4 Å². The zero-order chi connectivity index (χ0) is 16.9. The van der Waals surface area contributed by atoms with E-state index in [1.165, 1.54) is 32.4 Å². The van der Waals surface area contributed by atoms with Gasteiger partial charge in [0.2, 0.25) is 0 Å². The molecule has 134 valence electrons. The fourth-order valence-corrected chi connectivity index (χ4v) is 3.69. The van der Waals surface area contributed by atoms with Crippen LogP contribution in [0.2, 0.25) is 0 Å². The second kappa shape index (κ2) is 7.96. The molecule has 0 spiro atoms. The van der Waals surface area contributed by atoms with Gasteiger partial charge < -0.3 is 15.1 Å². The number of nitrogens with zero attached hydrogens (tertiary/aromatic N) is 4. The van der Waals surface area contributed by atoms with Crippen LogP contribution in [0.5, 0.6) is 0 Å². The quantitative estimate of drug-likeness (QED) is 0.911. The summed E-state index contributed by atoms with van der Waals surface area (Å²) in [5, 5.41) is 10.5. The Morgan fingerprint density at radius 2 is 2.04 bits per heavy atom. The first-order valence-electron chi connectivity index (χ1n) is 9.15. The van der Waals surface area contributed by atoms with E-state index in [2.05, 4.69) is 32.1 Å². The molecular formula is C17H29N5O2. The molecule has 3 rings (SSSR count). The molecule has 2 fully saturated rings. The van der Waals surface area contributed by atoms with Crippen molar-refractivity contribution in [1.29, 1.82) is 0 Å². The summed E-state index contributed by atoms with van der Waals surface area (Å²) in [5.74, 6) is 1.46. The molecule has 7 heteroatoms. The summed E-state index contributed by atoms with van der Waals surface area (Å²) in [6.07, 6.45) is 4.93. The average molecular weight is 335 g/mol. The Hall–Kier alpha value is -1.63. The summed E-state index contributed by atoms with van der Waals surface area (Å²) in [6, 6.07) is -0.00522. The average Bonchev–Trinajstić information content (AvgIpc) is 3.00. The van der Waals surface area contributed by atoms with Crippen LogP contribution >= 0.6 is 0 Å². The Morgan fingerprint density at radius 1 is 1.25 bits per heavy atom. The number of urea groups is 1. The van der Waals surface area contributed by atoms with E-state index >= 15 is 0 Å². The SMILES string of the molecule is Cc1nonc1CNC(=O)N1CCCC(CN2CCC(C)CC2)C1. The minimum Gasteiger partial charge on any atom is -0.332 e. The van der Waals surface area contributed by atoms with Crippen LogP contribution < -0.4 is 5.32 Å². The highest BCUT2D eigenvalue weighted by Crippen LogP contribution is 2.21. The van der Waals surface area contributed by atoms with Gasteiger partial charge in [0.05, 0.1) is 6.54 Å². The summed E-state index contributed by atoms with van der Waals surface area (Å²) in [6.45, 7) is 9.79. The molecule has 1 unspecified atom stereocenters. The topological polar surface area (TPSA) is 74.5 Å². The first kappa shape index (κ1) is 17.2. The van der Waals surface area contributed by atoms with Gasteiger partial charge in [0, 0.05) is 19.6 Å². The minimum absolute atomic E-state index is 0.00522. The van der Waals surface area contributed by atoms with Gasteiger partial charge in [0.25, 0.3) is 0 Å². The highest BCUT2D eigenvalue weighted by molar-refractivity contribution is 5.74. The number of hydrogen-bond acceptors (Lipinski definition) is 5. The molecule has 1 N–H and O–H groups in total. The molecule has 1 aromatic heterocycles. The zero-order valence-corrected chi connectivity index (χ0v) is 14.8. The number of aromatic nitrogens is 2. The molecule has 0 aromatic carbocycles. The lowest BCUT2D eigenvalue weighted by Crippen LogP contribution is -2.48. The molecule has 3 heterocycles. The number of carbonyl (C=O) groups is 1. The summed E-state index contributed by atoms with van der Waals surface area (Å²) < 4.78 is 4.66. The smallest absolute Gasteiger partial charge is 0.317 e. The molecule has 1 atom stereocenters. The zero-order valence-electron chi connectivity index (χ0n) is 14.8. The van der Waals surface area contributed by atoms with Gasteiger partial charge in [-0.2, -0.15) is 0 Å². The van der Waals surface area contributed by atoms with Crippen molar-refractivity contribution in [3.05, 3.63) is 11.4 Å². The molecule has 24 heavy (non-hydrogen) atoms. The van der Waals surface area contributed by atoms with Gasteiger partial charge in [-0.1, -0.05) is 17.2 Å². The molecule has 0 bridgehead atoms. The first-order valence-corrected chi connectivity index (χ1v) is 9.15. The van der Waals surface area contributed by atoms with Crippen LogP contribution in [0.1, 0.15) is 44.0 Å². The third kappa shape index (κ3) is 4.47. The van der Waals surface area contributed by atoms with Crippen LogP contribution in [0, 0.1) is 18.8 Å². The van der Waals surface area contributed by atoms with Gasteiger partial charge in [-0.3, -0.25) is 0 Å². The highest BCUT2D eigenvalue weighted by atomic mass is 16.6. The highest BCUT2D eigenvalue weighted by Gasteiger charge is 2.26. The lowest BCUT2D eigenvalue weighted by molar-refractivity contribution is 0.120. The fourth-order valence-electron chi connectivity index (χ4n) is 3.69. The second-order valence-electron chi connectivity index (χ2n) is 7.39. The van der Waals surface area contributed by atoms with Crippen molar-refractivity contribution in [2.45, 2.75) is 46.1 Å². The summed E-state index contributed by atoms with van der Waals surface area (Å²) in [5.41, 5.74) is 1.42. The number of carbonyl (C=O) groups excluding carboxylic acids is 1. The van der Waals surface area contributed by atoms with Crippen LogP contribution in [0.4, 0.5) is 4.79 Å². The lowest BCUT2D eigenvalue weighted by Gasteiger charge is -2.37. The summed E-state index contributed by atoms with van der Waals surface area (Å²) in [4.78, 5) is 16.9. The molecule has 0 radical (unpaired) electrons. The van der Waals surface area contributed by atoms with Gasteiger partial charge in [0.15, 0.2) is 0 Å². The fraction of sp³-hybridized carbons (Fsp3) is 0.824. The Balaban J connectivity index is 1.44. The van der Waals surface area contributed by atoms with Crippen LogP contribution in [-0.4, -0.2) is 58.9 Å². The molecule has 2 aliphatic rings. The first-order chi connectivity index (χ1) is 11.6. The van der Waals surface area contributed by atoms with Crippen molar-refractivity contribution >= 4 is 6.03 Å². The van der Waals surface area contributed by atoms with Crippen molar-refractivity contribution < 1.29 is 9.42 Å². The maximum atomic E-state index is 12.4. The van der Waals surface area contributed by atoms with Crippen molar-refractivity contribution in [2.24, 2.45) is 11.8 Å². The number of rotatable bonds is 4. The number of amides is 2. The Bertz CT molecular complexity index is 539. The summed E-state index contributed by atoms with van der Waals surface area (Å²) in [7, 11) is 0. The Kier molecular flexibility index (Phi) is 5.71. The molecule has 2 amide bonds. The van der Waals surface area contributed by atoms with E-state index in [9.17, 15) is 4.79 Å². The van der Waals surface area contributed by atoms with E-state index in [4.69, 9.17) is 0 Å². The molecule has 1 aromatic rings. The largest absolute Gasteiger partial charge is 0.332 e. The maximum Gasteiger partial charge on any atom is 0.317 e. The van der Waals surface area contributed by atoms with Crippen LogP contribution in [0.3, 0.4) is 0 Å². The number of likely N-dealkylation sites (tertiary alicyclic amines) is 2. The van der Waals surface area contributed by atoms with E-state index in [0.29, 0.717) is 18.2 Å². The van der Waals surface area contributed by atoms with E-state index in [1.807, 2.05) is 11.8 Å². The Labute approximate surface area is 143 Å². The van der Waals surface area contributed by atoms with E-state index in [-0.39, 0.29) is 6.03 Å². The van der Waals surface area contributed by atoms with Crippen molar-refractivity contribution in [3.8, 4) is 0 Å². The molecule has 7 nitrogen and oxygen atoms in total. The minimum atomic E-state index is -0.00522. The lowest BCUT2D eigenvalue weighted by atomic mass is 9.94. The van der Waals surface area contributed by atoms with Crippen molar-refractivity contribution in [3.63, 3.8) is 0 Å². The van der Waals surface area contributed by atoms with E-state index < -0.39 is 0 Å². The monoisotopic (exact) mass is 335 g/mol. The predicted molar refractivity (Wildman–Crippen MR) is 90.4 cm³/mol. The van der Waals surface area contributed by atoms with Gasteiger partial charge in [-0.05, 0) is 57.5 Å². The van der Waals surface area contributed by atoms with Crippen molar-refractivity contribution in [1.82, 2.24) is 25.4 Å². The molecule has 0 saturated carbocycles. The standard InChI is InChI=1S/C17H29N5O2/c1-13-5-8-21(9-6-13)11-15-4-3-7-22(12-15)17(23)18-10-16-14(2)19-24-20-16/h13,15H,3-12H2,1-2H3,(H,18,23). The third-order valence-corrected chi connectivity index (χ3v) is 5.35. The van der Waals surface area contributed by atoms with E-state index in [0.717, 1.165) is 37.7 Å². The third-order valence-electron chi connectivity index (χ3n) is 5.35.